The van der Waals surface area contributed by atoms with Gasteiger partial charge in [0.25, 0.3) is 5.91 Å². The van der Waals surface area contributed by atoms with Gasteiger partial charge in [0, 0.05) is 32.4 Å². The molecule has 0 bridgehead atoms. The third-order valence-electron chi connectivity index (χ3n) is 4.88. The first-order valence-electron chi connectivity index (χ1n) is 8.12. The van der Waals surface area contributed by atoms with Gasteiger partial charge in [-0.1, -0.05) is 11.6 Å². The van der Waals surface area contributed by atoms with Gasteiger partial charge in [0.2, 0.25) is 0 Å². The highest BCUT2D eigenvalue weighted by molar-refractivity contribution is 6.32. The molecule has 2 aliphatic heterocycles. The molecule has 0 aromatic carbocycles. The molecule has 138 valence electrons. The smallest absolute Gasteiger partial charge is 0.338 e. The Morgan fingerprint density at radius 3 is 2.58 bits per heavy atom. The predicted octanol–water partition coefficient (Wildman–Crippen LogP) is 2.23. The molecule has 4 heterocycles. The van der Waals surface area contributed by atoms with E-state index in [1.807, 2.05) is 0 Å². The summed E-state index contributed by atoms with van der Waals surface area (Å²) in [4.78, 5) is 18.1. The fourth-order valence-corrected chi connectivity index (χ4v) is 3.86. The van der Waals surface area contributed by atoms with E-state index in [2.05, 4.69) is 15.4 Å². The van der Waals surface area contributed by atoms with E-state index in [-0.39, 0.29) is 22.7 Å². The summed E-state index contributed by atoms with van der Waals surface area (Å²) in [7, 11) is 0. The molecule has 0 aliphatic carbocycles. The van der Waals surface area contributed by atoms with Crippen LogP contribution < -0.4 is 5.32 Å². The highest BCUT2D eigenvalue weighted by atomic mass is 35.5. The number of carbonyl (C=O) groups is 1. The minimum absolute atomic E-state index is 0.0156. The first kappa shape index (κ1) is 17.3. The lowest BCUT2D eigenvalue weighted by molar-refractivity contribution is -0.143. The van der Waals surface area contributed by atoms with E-state index < -0.39 is 23.3 Å². The highest BCUT2D eigenvalue weighted by Gasteiger charge is 2.44. The molecule has 2 aromatic heterocycles. The van der Waals surface area contributed by atoms with Gasteiger partial charge in [0.05, 0.1) is 16.8 Å². The number of amides is 1. The number of hydrogen-bond donors (Lipinski definition) is 1. The van der Waals surface area contributed by atoms with E-state index in [1.54, 1.807) is 0 Å². The number of nitrogens with zero attached hydrogens (tertiary/aromatic N) is 4. The number of alkyl halides is 3. The number of nitrogens with one attached hydrogen (secondary N) is 1. The zero-order valence-corrected chi connectivity index (χ0v) is 14.3. The monoisotopic (exact) mass is 385 g/mol. The SMILES string of the molecule is O=C(c1cnn(-c2ncccc2Cl)c1C(F)(F)F)N1C[C@H]2CNC[C@H]2C1. The zero-order chi connectivity index (χ0) is 18.5. The van der Waals surface area contributed by atoms with Gasteiger partial charge in [-0.25, -0.2) is 9.67 Å². The number of aromatic nitrogens is 3. The average molecular weight is 386 g/mol. The van der Waals surface area contributed by atoms with Crippen molar-refractivity contribution in [3.63, 3.8) is 0 Å². The van der Waals surface area contributed by atoms with Crippen LogP contribution >= 0.6 is 11.6 Å². The number of pyridine rings is 1. The van der Waals surface area contributed by atoms with Crippen molar-refractivity contribution in [1.82, 2.24) is 25.0 Å². The molecular weight excluding hydrogens is 371 g/mol. The summed E-state index contributed by atoms with van der Waals surface area (Å²) in [6.45, 7) is 2.46. The van der Waals surface area contributed by atoms with E-state index in [0.717, 1.165) is 19.3 Å². The van der Waals surface area contributed by atoms with Crippen molar-refractivity contribution in [2.75, 3.05) is 26.2 Å². The molecule has 0 radical (unpaired) electrons. The van der Waals surface area contributed by atoms with Crippen LogP contribution in [0.15, 0.2) is 24.5 Å². The molecule has 1 amide bonds. The van der Waals surface area contributed by atoms with Crippen LogP contribution in [0, 0.1) is 11.8 Å². The maximum absolute atomic E-state index is 13.7. The maximum atomic E-state index is 13.7. The summed E-state index contributed by atoms with van der Waals surface area (Å²) in [5, 5.41) is 7.02. The van der Waals surface area contributed by atoms with Crippen molar-refractivity contribution in [2.24, 2.45) is 11.8 Å². The second kappa shape index (κ2) is 6.24. The van der Waals surface area contributed by atoms with Gasteiger partial charge in [-0.3, -0.25) is 4.79 Å². The van der Waals surface area contributed by atoms with Crippen LogP contribution in [0.3, 0.4) is 0 Å². The van der Waals surface area contributed by atoms with Gasteiger partial charge in [0.15, 0.2) is 11.5 Å². The number of fused-ring (bicyclic) bond motifs is 1. The number of carbonyl (C=O) groups excluding carboxylic acids is 1. The molecule has 2 atom stereocenters. The normalized spacial score (nSPS) is 22.7. The second-order valence-corrected chi connectivity index (χ2v) is 6.92. The number of likely N-dealkylation sites (tertiary alicyclic amines) is 1. The van der Waals surface area contributed by atoms with E-state index in [9.17, 15) is 18.0 Å². The van der Waals surface area contributed by atoms with Crippen LogP contribution in [0.4, 0.5) is 13.2 Å². The highest BCUT2D eigenvalue weighted by Crippen LogP contribution is 2.36. The molecule has 2 fully saturated rings. The fraction of sp³-hybridized carbons (Fsp3) is 0.438. The standard InChI is InChI=1S/C16H15ClF3N5O/c17-12-2-1-3-22-14(12)25-13(16(18,19)20)11(6-23-25)15(26)24-7-9-4-21-5-10(9)8-24/h1-3,6,9-10,21H,4-5,7-8H2/t9-,10+. The van der Waals surface area contributed by atoms with E-state index >= 15 is 0 Å². The van der Waals surface area contributed by atoms with Crippen molar-refractivity contribution in [3.8, 4) is 5.82 Å². The minimum atomic E-state index is -4.78. The molecule has 4 rings (SSSR count). The Balaban J connectivity index is 1.73. The Hall–Kier alpha value is -2.13. The van der Waals surface area contributed by atoms with Gasteiger partial charge < -0.3 is 10.2 Å². The van der Waals surface area contributed by atoms with Gasteiger partial charge in [-0.05, 0) is 24.0 Å². The number of halogens is 4. The first-order chi connectivity index (χ1) is 12.4. The van der Waals surface area contributed by atoms with E-state index in [1.165, 1.54) is 23.2 Å². The van der Waals surface area contributed by atoms with Crippen molar-refractivity contribution < 1.29 is 18.0 Å². The molecule has 0 unspecified atom stereocenters. The number of rotatable bonds is 2. The minimum Gasteiger partial charge on any atom is -0.338 e. The quantitative estimate of drug-likeness (QED) is 0.861. The molecule has 2 aliphatic rings. The molecule has 26 heavy (non-hydrogen) atoms. The van der Waals surface area contributed by atoms with Crippen molar-refractivity contribution >= 4 is 17.5 Å². The summed E-state index contributed by atoms with van der Waals surface area (Å²) in [5.74, 6) is -0.254. The molecule has 2 saturated heterocycles. The first-order valence-corrected chi connectivity index (χ1v) is 8.50. The Morgan fingerprint density at radius 1 is 1.27 bits per heavy atom. The molecule has 0 spiro atoms. The summed E-state index contributed by atoms with van der Waals surface area (Å²) in [6, 6.07) is 2.92. The molecule has 2 aromatic rings. The summed E-state index contributed by atoms with van der Waals surface area (Å²) >= 11 is 5.97. The zero-order valence-electron chi connectivity index (χ0n) is 13.5. The van der Waals surface area contributed by atoms with Gasteiger partial charge in [0.1, 0.15) is 0 Å². The average Bonchev–Trinajstić information content (AvgIpc) is 3.27. The molecule has 6 nitrogen and oxygen atoms in total. The van der Waals surface area contributed by atoms with Crippen LogP contribution in [0.25, 0.3) is 5.82 Å². The predicted molar refractivity (Wildman–Crippen MR) is 87.1 cm³/mol. The summed E-state index contributed by atoms with van der Waals surface area (Å²) in [5.41, 5.74) is -1.63. The Kier molecular flexibility index (Phi) is 4.15. The van der Waals surface area contributed by atoms with Crippen LogP contribution in [-0.2, 0) is 6.18 Å². The van der Waals surface area contributed by atoms with Crippen LogP contribution in [0.1, 0.15) is 16.1 Å². The van der Waals surface area contributed by atoms with Gasteiger partial charge in [-0.15, -0.1) is 0 Å². The molecular formula is C16H15ClF3N5O. The lowest BCUT2D eigenvalue weighted by Crippen LogP contribution is -2.33. The maximum Gasteiger partial charge on any atom is 0.434 e. The van der Waals surface area contributed by atoms with Crippen molar-refractivity contribution in [2.45, 2.75) is 6.18 Å². The third-order valence-corrected chi connectivity index (χ3v) is 5.18. The largest absolute Gasteiger partial charge is 0.434 e. The van der Waals surface area contributed by atoms with E-state index in [4.69, 9.17) is 11.6 Å². The van der Waals surface area contributed by atoms with Gasteiger partial charge in [-0.2, -0.15) is 18.3 Å². The van der Waals surface area contributed by atoms with Gasteiger partial charge >= 0.3 is 6.18 Å². The number of hydrogen-bond acceptors (Lipinski definition) is 4. The third kappa shape index (κ3) is 2.84. The van der Waals surface area contributed by atoms with Crippen LogP contribution in [0.5, 0.6) is 0 Å². The fourth-order valence-electron chi connectivity index (χ4n) is 3.66. The van der Waals surface area contributed by atoms with Crippen LogP contribution in [-0.4, -0.2) is 51.8 Å². The Bertz CT molecular complexity index is 841. The van der Waals surface area contributed by atoms with Crippen molar-refractivity contribution in [3.05, 3.63) is 40.8 Å². The van der Waals surface area contributed by atoms with Crippen LogP contribution in [0.2, 0.25) is 5.02 Å². The Morgan fingerprint density at radius 2 is 1.96 bits per heavy atom. The summed E-state index contributed by atoms with van der Waals surface area (Å²) in [6.07, 6.45) is -2.51. The van der Waals surface area contributed by atoms with E-state index in [0.29, 0.717) is 17.8 Å². The summed E-state index contributed by atoms with van der Waals surface area (Å²) < 4.78 is 41.8. The lowest BCUT2D eigenvalue weighted by atomic mass is 10.0. The molecule has 0 saturated carbocycles. The lowest BCUT2D eigenvalue weighted by Gasteiger charge is -2.19. The molecule has 10 heteroatoms. The molecule has 1 N–H and O–H groups in total. The second-order valence-electron chi connectivity index (χ2n) is 6.51. The topological polar surface area (TPSA) is 63.1 Å². The van der Waals surface area contributed by atoms with Crippen molar-refractivity contribution in [1.29, 1.82) is 0 Å². The Labute approximate surface area is 151 Å².